The lowest BCUT2D eigenvalue weighted by molar-refractivity contribution is 0.302. The van der Waals surface area contributed by atoms with Crippen molar-refractivity contribution < 1.29 is 9.13 Å². The molecule has 4 heteroatoms. The molecular weight excluding hydrogens is 285 g/mol. The number of nitrogens with two attached hydrogens (primary N) is 1. The van der Waals surface area contributed by atoms with Crippen LogP contribution in [-0.4, -0.2) is 4.99 Å². The summed E-state index contributed by atoms with van der Waals surface area (Å²) in [5.41, 5.74) is 10.4. The maximum Gasteiger partial charge on any atom is 0.137 e. The molecule has 0 spiro atoms. The van der Waals surface area contributed by atoms with E-state index in [-0.39, 0.29) is 10.6 Å². The molecule has 2 nitrogen and oxygen atoms in total. The molecule has 2 aromatic rings. The van der Waals surface area contributed by atoms with Crippen LogP contribution >= 0.6 is 12.2 Å². The lowest BCUT2D eigenvalue weighted by atomic mass is 10.0. The zero-order valence-corrected chi connectivity index (χ0v) is 13.2. The van der Waals surface area contributed by atoms with Gasteiger partial charge in [0, 0.05) is 0 Å². The average molecular weight is 303 g/mol. The molecule has 2 aromatic carbocycles. The van der Waals surface area contributed by atoms with Crippen molar-refractivity contribution in [2.45, 2.75) is 27.4 Å². The fourth-order valence-electron chi connectivity index (χ4n) is 2.45. The molecule has 0 bridgehead atoms. The molecule has 0 saturated carbocycles. The van der Waals surface area contributed by atoms with Gasteiger partial charge in [-0.15, -0.1) is 0 Å². The van der Waals surface area contributed by atoms with Crippen molar-refractivity contribution in [1.29, 1.82) is 0 Å². The minimum absolute atomic E-state index is 0.000417. The van der Waals surface area contributed by atoms with Crippen LogP contribution in [0.1, 0.15) is 27.8 Å². The van der Waals surface area contributed by atoms with Crippen molar-refractivity contribution in [3.63, 3.8) is 0 Å². The fourth-order valence-corrected chi connectivity index (χ4v) is 2.65. The van der Waals surface area contributed by atoms with Crippen molar-refractivity contribution in [3.05, 3.63) is 64.0 Å². The van der Waals surface area contributed by atoms with Crippen molar-refractivity contribution in [3.8, 4) is 5.75 Å². The zero-order valence-electron chi connectivity index (χ0n) is 12.4. The van der Waals surface area contributed by atoms with Gasteiger partial charge < -0.3 is 10.5 Å². The Morgan fingerprint density at radius 3 is 2.38 bits per heavy atom. The Morgan fingerprint density at radius 2 is 1.81 bits per heavy atom. The van der Waals surface area contributed by atoms with E-state index in [1.54, 1.807) is 12.1 Å². The van der Waals surface area contributed by atoms with Crippen molar-refractivity contribution >= 4 is 17.2 Å². The van der Waals surface area contributed by atoms with Crippen LogP contribution in [-0.2, 0) is 6.61 Å². The first-order valence-electron chi connectivity index (χ1n) is 6.68. The van der Waals surface area contributed by atoms with E-state index in [1.165, 1.54) is 11.6 Å². The van der Waals surface area contributed by atoms with E-state index in [9.17, 15) is 4.39 Å². The average Bonchev–Trinajstić information content (AvgIpc) is 2.36. The number of aryl methyl sites for hydroxylation is 3. The van der Waals surface area contributed by atoms with Gasteiger partial charge in [-0.2, -0.15) is 0 Å². The second-order valence-electron chi connectivity index (χ2n) is 5.14. The van der Waals surface area contributed by atoms with Crippen LogP contribution in [0, 0.1) is 26.6 Å². The minimum atomic E-state index is -0.461. The number of benzene rings is 2. The second kappa shape index (κ2) is 6.22. The summed E-state index contributed by atoms with van der Waals surface area (Å²) < 4.78 is 19.6. The molecule has 0 unspecified atom stereocenters. The van der Waals surface area contributed by atoms with Crippen LogP contribution in [0.4, 0.5) is 4.39 Å². The quantitative estimate of drug-likeness (QED) is 0.868. The lowest BCUT2D eigenvalue weighted by Crippen LogP contribution is -2.14. The highest BCUT2D eigenvalue weighted by Gasteiger charge is 2.13. The van der Waals surface area contributed by atoms with Crippen LogP contribution in [0.15, 0.2) is 30.3 Å². The number of ether oxygens (including phenoxy) is 1. The molecule has 0 heterocycles. The summed E-state index contributed by atoms with van der Waals surface area (Å²) in [5, 5.41) is 0. The number of thiocarbonyl (C=S) groups is 1. The standard InChI is InChI=1S/C17H18FNOS/c1-10-7-11(2)13(12(3)8-10)9-20-15-6-4-5-14(18)16(15)17(19)21/h4-8H,9H2,1-3H3,(H2,19,21). The Bertz CT molecular complexity index is 674. The molecule has 0 saturated heterocycles. The van der Waals surface area contributed by atoms with Crippen LogP contribution in [0.3, 0.4) is 0 Å². The molecule has 21 heavy (non-hydrogen) atoms. The lowest BCUT2D eigenvalue weighted by Gasteiger charge is -2.15. The highest BCUT2D eigenvalue weighted by molar-refractivity contribution is 7.80. The Morgan fingerprint density at radius 1 is 1.19 bits per heavy atom. The number of rotatable bonds is 4. The maximum absolute atomic E-state index is 13.8. The third-order valence-corrected chi connectivity index (χ3v) is 3.64. The predicted octanol–water partition coefficient (Wildman–Crippen LogP) is 3.96. The van der Waals surface area contributed by atoms with Gasteiger partial charge in [0.15, 0.2) is 0 Å². The van der Waals surface area contributed by atoms with E-state index in [4.69, 9.17) is 22.7 Å². The number of halogens is 1. The van der Waals surface area contributed by atoms with E-state index in [0.29, 0.717) is 12.4 Å². The third kappa shape index (κ3) is 3.39. The first-order valence-corrected chi connectivity index (χ1v) is 7.09. The van der Waals surface area contributed by atoms with Gasteiger partial charge in [-0.1, -0.05) is 36.0 Å². The van der Waals surface area contributed by atoms with Crippen molar-refractivity contribution in [2.24, 2.45) is 5.73 Å². The van der Waals surface area contributed by atoms with E-state index in [2.05, 4.69) is 19.1 Å². The maximum atomic E-state index is 13.8. The van der Waals surface area contributed by atoms with E-state index >= 15 is 0 Å². The Hall–Kier alpha value is -1.94. The Kier molecular flexibility index (Phi) is 4.58. The summed E-state index contributed by atoms with van der Waals surface area (Å²) in [6.07, 6.45) is 0. The van der Waals surface area contributed by atoms with Gasteiger partial charge in [0.05, 0.1) is 5.56 Å². The zero-order chi connectivity index (χ0) is 15.6. The first kappa shape index (κ1) is 15.4. The van der Waals surface area contributed by atoms with E-state index in [0.717, 1.165) is 16.7 Å². The van der Waals surface area contributed by atoms with Gasteiger partial charge >= 0.3 is 0 Å². The highest BCUT2D eigenvalue weighted by atomic mass is 32.1. The largest absolute Gasteiger partial charge is 0.488 e. The first-order chi connectivity index (χ1) is 9.90. The van der Waals surface area contributed by atoms with Crippen LogP contribution in [0.25, 0.3) is 0 Å². The molecule has 2 rings (SSSR count). The number of hydrogen-bond acceptors (Lipinski definition) is 2. The molecule has 0 amide bonds. The molecule has 0 radical (unpaired) electrons. The summed E-state index contributed by atoms with van der Waals surface area (Å²) in [6.45, 7) is 6.50. The molecule has 110 valence electrons. The molecule has 0 aromatic heterocycles. The van der Waals surface area contributed by atoms with E-state index in [1.807, 2.05) is 13.8 Å². The van der Waals surface area contributed by atoms with Crippen LogP contribution in [0.5, 0.6) is 5.75 Å². The molecule has 0 atom stereocenters. The Labute approximate surface area is 129 Å². The third-order valence-electron chi connectivity index (χ3n) is 3.43. The SMILES string of the molecule is Cc1cc(C)c(COc2cccc(F)c2C(N)=S)c(C)c1. The van der Waals surface area contributed by atoms with Crippen LogP contribution in [0.2, 0.25) is 0 Å². The van der Waals surface area contributed by atoms with E-state index < -0.39 is 5.82 Å². The Balaban J connectivity index is 2.29. The van der Waals surface area contributed by atoms with Gasteiger partial charge in [-0.3, -0.25) is 0 Å². The van der Waals surface area contributed by atoms with Crippen molar-refractivity contribution in [1.82, 2.24) is 0 Å². The highest BCUT2D eigenvalue weighted by Crippen LogP contribution is 2.24. The number of hydrogen-bond donors (Lipinski definition) is 1. The van der Waals surface area contributed by atoms with Gasteiger partial charge in [-0.25, -0.2) is 4.39 Å². The molecule has 0 fully saturated rings. The molecule has 2 N–H and O–H groups in total. The summed E-state index contributed by atoms with van der Waals surface area (Å²) in [4.78, 5) is 0.000417. The van der Waals surface area contributed by atoms with Gasteiger partial charge in [0.25, 0.3) is 0 Å². The van der Waals surface area contributed by atoms with Gasteiger partial charge in [0.1, 0.15) is 23.2 Å². The van der Waals surface area contributed by atoms with Crippen molar-refractivity contribution in [2.75, 3.05) is 0 Å². The summed E-state index contributed by atoms with van der Waals surface area (Å²) >= 11 is 4.89. The van der Waals surface area contributed by atoms with Gasteiger partial charge in [0.2, 0.25) is 0 Å². The van der Waals surface area contributed by atoms with Crippen LogP contribution < -0.4 is 10.5 Å². The minimum Gasteiger partial charge on any atom is -0.488 e. The molecule has 0 aliphatic heterocycles. The fraction of sp³-hybridized carbons (Fsp3) is 0.235. The predicted molar refractivity (Wildman–Crippen MR) is 87.3 cm³/mol. The normalized spacial score (nSPS) is 10.5. The molecule has 0 aliphatic carbocycles. The summed E-state index contributed by atoms with van der Waals surface area (Å²) in [7, 11) is 0. The summed E-state index contributed by atoms with van der Waals surface area (Å²) in [5.74, 6) is -0.0841. The van der Waals surface area contributed by atoms with Gasteiger partial charge in [-0.05, 0) is 49.6 Å². The topological polar surface area (TPSA) is 35.2 Å². The second-order valence-corrected chi connectivity index (χ2v) is 5.58. The smallest absolute Gasteiger partial charge is 0.137 e. The molecule has 0 aliphatic rings. The summed E-state index contributed by atoms with van der Waals surface area (Å²) in [6, 6.07) is 8.79. The monoisotopic (exact) mass is 303 g/mol. The molecular formula is C17H18FNOS.